The average Bonchev–Trinajstić information content (AvgIpc) is 3.33. The molecule has 0 aliphatic carbocycles. The van der Waals surface area contributed by atoms with Crippen molar-refractivity contribution >= 4 is 49.7 Å². The minimum Gasteiger partial charge on any atom is -0.347 e. The second-order valence-corrected chi connectivity index (χ2v) is 9.61. The van der Waals surface area contributed by atoms with Gasteiger partial charge in [0.1, 0.15) is 0 Å². The summed E-state index contributed by atoms with van der Waals surface area (Å²) in [6.07, 6.45) is 1.79. The molecule has 0 fully saturated rings. The molecule has 0 atom stereocenters. The molecule has 0 unspecified atom stereocenters. The van der Waals surface area contributed by atoms with Crippen LogP contribution < -0.4 is 4.90 Å². The molecule has 3 heterocycles. The molecule has 0 saturated carbocycles. The van der Waals surface area contributed by atoms with Crippen LogP contribution in [0.15, 0.2) is 65.5 Å². The lowest BCUT2D eigenvalue weighted by Crippen LogP contribution is -2.24. The Morgan fingerprint density at radius 2 is 1.90 bits per heavy atom. The van der Waals surface area contributed by atoms with Crippen LogP contribution in [0.2, 0.25) is 0 Å². The zero-order valence-electron chi connectivity index (χ0n) is 16.4. The third kappa shape index (κ3) is 2.88. The third-order valence-corrected chi connectivity index (χ3v) is 7.46. The number of likely N-dealkylation sites (N-methyl/N-ethyl adjacent to an activating group) is 1. The van der Waals surface area contributed by atoms with Crippen molar-refractivity contribution in [2.24, 2.45) is 0 Å². The fraction of sp³-hybridized carbons (Fsp3) is 0.227. The summed E-state index contributed by atoms with van der Waals surface area (Å²) in [4.78, 5) is 15.8. The van der Waals surface area contributed by atoms with E-state index in [1.165, 1.54) is 22.0 Å². The average molecular weight is 421 g/mol. The van der Waals surface area contributed by atoms with Crippen LogP contribution in [-0.4, -0.2) is 33.2 Å². The van der Waals surface area contributed by atoms with Gasteiger partial charge in [-0.2, -0.15) is 0 Å². The molecule has 1 aliphatic heterocycles. The maximum atomic E-state index is 12.8. The van der Waals surface area contributed by atoms with Gasteiger partial charge in [0.15, 0.2) is 10.9 Å². The Hall–Kier alpha value is -2.64. The number of hydrogen-bond donors (Lipinski definition) is 0. The number of anilines is 1. The van der Waals surface area contributed by atoms with Crippen LogP contribution in [0.3, 0.4) is 0 Å². The van der Waals surface area contributed by atoms with E-state index in [1.54, 1.807) is 17.4 Å². The number of benzene rings is 2. The van der Waals surface area contributed by atoms with Crippen LogP contribution in [-0.2, 0) is 10.2 Å². The van der Waals surface area contributed by atoms with Crippen molar-refractivity contribution in [2.75, 3.05) is 17.7 Å². The van der Waals surface area contributed by atoms with Crippen molar-refractivity contribution in [1.29, 1.82) is 0 Å². The molecular weight excluding hydrogens is 400 g/mol. The van der Waals surface area contributed by atoms with E-state index in [4.69, 9.17) is 0 Å². The van der Waals surface area contributed by atoms with Gasteiger partial charge in [-0.15, -0.1) is 10.2 Å². The molecule has 5 rings (SSSR count). The van der Waals surface area contributed by atoms with Gasteiger partial charge >= 0.3 is 0 Å². The highest BCUT2D eigenvalue weighted by atomic mass is 32.2. The number of thioether (sulfide) groups is 1. The summed E-state index contributed by atoms with van der Waals surface area (Å²) >= 11 is 3.04. The van der Waals surface area contributed by atoms with Gasteiger partial charge in [0.05, 0.1) is 16.0 Å². The Morgan fingerprint density at radius 3 is 2.72 bits per heavy atom. The number of nitrogens with zero attached hydrogens (tertiary/aromatic N) is 4. The highest BCUT2D eigenvalue weighted by Crippen LogP contribution is 2.46. The van der Waals surface area contributed by atoms with Crippen LogP contribution in [0.4, 0.5) is 5.69 Å². The molecule has 7 heteroatoms. The fourth-order valence-corrected chi connectivity index (χ4v) is 5.83. The molecule has 0 spiro atoms. The largest absolute Gasteiger partial charge is 0.347 e. The Morgan fingerprint density at radius 1 is 1.14 bits per heavy atom. The molecule has 29 heavy (non-hydrogen) atoms. The number of hydrogen-bond acceptors (Lipinski definition) is 6. The van der Waals surface area contributed by atoms with Crippen molar-refractivity contribution in [3.8, 4) is 0 Å². The van der Waals surface area contributed by atoms with Gasteiger partial charge in [-0.1, -0.05) is 67.3 Å². The molecular formula is C22H20N4OS2. The van der Waals surface area contributed by atoms with Gasteiger partial charge in [-0.25, -0.2) is 0 Å². The number of allylic oxidation sites excluding steroid dienone is 2. The van der Waals surface area contributed by atoms with Gasteiger partial charge in [0.2, 0.25) is 4.96 Å². The molecule has 0 saturated heterocycles. The van der Waals surface area contributed by atoms with E-state index >= 15 is 0 Å². The predicted octanol–water partition coefficient (Wildman–Crippen LogP) is 4.92. The zero-order valence-corrected chi connectivity index (χ0v) is 18.0. The van der Waals surface area contributed by atoms with E-state index in [0.29, 0.717) is 5.75 Å². The summed E-state index contributed by atoms with van der Waals surface area (Å²) < 4.78 is 3.20. The first-order chi connectivity index (χ1) is 14.0. The Labute approximate surface area is 177 Å². The van der Waals surface area contributed by atoms with Crippen molar-refractivity contribution in [1.82, 2.24) is 14.6 Å². The van der Waals surface area contributed by atoms with E-state index in [1.807, 2.05) is 29.6 Å². The van der Waals surface area contributed by atoms with Crippen molar-refractivity contribution < 1.29 is 4.79 Å². The standard InChI is InChI=1S/C22H20N4OS2/c1-22(2)15-8-4-5-9-16(15)25(3)19(22)12-14(27)13-28-20-23-24-21-26(20)17-10-6-7-11-18(17)29-21/h4-12H,13H2,1-3H3/b19-12-. The smallest absolute Gasteiger partial charge is 0.217 e. The van der Waals surface area contributed by atoms with Crippen molar-refractivity contribution in [3.63, 3.8) is 0 Å². The van der Waals surface area contributed by atoms with E-state index in [2.05, 4.69) is 59.3 Å². The van der Waals surface area contributed by atoms with E-state index in [9.17, 15) is 4.79 Å². The molecule has 5 nitrogen and oxygen atoms in total. The first-order valence-corrected chi connectivity index (χ1v) is 11.2. The number of carbonyl (C=O) groups excluding carboxylic acids is 1. The molecule has 4 aromatic rings. The minimum absolute atomic E-state index is 0.0778. The molecule has 1 aliphatic rings. The number of thiazole rings is 1. The van der Waals surface area contributed by atoms with Crippen molar-refractivity contribution in [3.05, 3.63) is 65.9 Å². The molecule has 0 radical (unpaired) electrons. The van der Waals surface area contributed by atoms with Gasteiger partial charge in [-0.3, -0.25) is 9.20 Å². The maximum Gasteiger partial charge on any atom is 0.217 e. The van der Waals surface area contributed by atoms with Crippen LogP contribution in [0.1, 0.15) is 19.4 Å². The minimum atomic E-state index is -0.197. The highest BCUT2D eigenvalue weighted by Gasteiger charge is 2.38. The fourth-order valence-electron chi connectivity index (χ4n) is 4.04. The summed E-state index contributed by atoms with van der Waals surface area (Å²) in [5.74, 6) is 0.406. The number of fused-ring (bicyclic) bond motifs is 4. The van der Waals surface area contributed by atoms with Crippen LogP contribution >= 0.6 is 23.1 Å². The zero-order chi connectivity index (χ0) is 20.2. The summed E-state index contributed by atoms with van der Waals surface area (Å²) in [5, 5.41) is 9.32. The first kappa shape index (κ1) is 18.4. The Balaban J connectivity index is 1.40. The lowest BCUT2D eigenvalue weighted by atomic mass is 9.83. The molecule has 2 aromatic heterocycles. The molecule has 0 bridgehead atoms. The number of rotatable bonds is 4. The van der Waals surface area contributed by atoms with Gasteiger partial charge in [-0.05, 0) is 23.8 Å². The van der Waals surface area contributed by atoms with Gasteiger partial charge in [0, 0.05) is 29.9 Å². The summed E-state index contributed by atoms with van der Waals surface area (Å²) in [5.41, 5.74) is 4.32. The second-order valence-electron chi connectivity index (χ2n) is 7.66. The Bertz CT molecular complexity index is 1280. The molecule has 2 aromatic carbocycles. The van der Waals surface area contributed by atoms with Crippen molar-refractivity contribution in [2.45, 2.75) is 24.4 Å². The third-order valence-electron chi connectivity index (χ3n) is 5.49. The van der Waals surface area contributed by atoms with E-state index in [0.717, 1.165) is 27.0 Å². The monoisotopic (exact) mass is 420 g/mol. The highest BCUT2D eigenvalue weighted by molar-refractivity contribution is 7.99. The summed E-state index contributed by atoms with van der Waals surface area (Å²) in [6, 6.07) is 16.5. The number of carbonyl (C=O) groups is 1. The van der Waals surface area contributed by atoms with E-state index in [-0.39, 0.29) is 11.2 Å². The van der Waals surface area contributed by atoms with Gasteiger partial charge in [0.25, 0.3) is 0 Å². The normalized spacial score (nSPS) is 16.8. The van der Waals surface area contributed by atoms with Crippen LogP contribution in [0.25, 0.3) is 15.2 Å². The van der Waals surface area contributed by atoms with E-state index < -0.39 is 0 Å². The van der Waals surface area contributed by atoms with Gasteiger partial charge < -0.3 is 4.90 Å². The summed E-state index contributed by atoms with van der Waals surface area (Å²) in [7, 11) is 2.03. The van der Waals surface area contributed by atoms with Crippen LogP contribution in [0, 0.1) is 0 Å². The quantitative estimate of drug-likeness (QED) is 0.347. The molecule has 146 valence electrons. The number of aromatic nitrogens is 3. The summed E-state index contributed by atoms with van der Waals surface area (Å²) in [6.45, 7) is 4.34. The molecule has 0 N–H and O–H groups in total. The number of ketones is 1. The molecule has 0 amide bonds. The SMILES string of the molecule is CN1/C(=C\C(=O)CSc2nnc3sc4ccccc4n23)C(C)(C)c2ccccc21. The first-order valence-electron chi connectivity index (χ1n) is 9.40. The predicted molar refractivity (Wildman–Crippen MR) is 120 cm³/mol. The lowest BCUT2D eigenvalue weighted by Gasteiger charge is -2.23. The lowest BCUT2D eigenvalue weighted by molar-refractivity contribution is -0.112. The number of para-hydroxylation sites is 2. The second kappa shape index (κ2) is 6.71. The van der Waals surface area contributed by atoms with Crippen LogP contribution in [0.5, 0.6) is 0 Å². The topological polar surface area (TPSA) is 50.5 Å². The maximum absolute atomic E-state index is 12.8. The Kier molecular flexibility index (Phi) is 4.26.